The molecule has 8 heteroatoms. The summed E-state index contributed by atoms with van der Waals surface area (Å²) < 4.78 is 0. The predicted molar refractivity (Wildman–Crippen MR) is 103 cm³/mol. The number of amides is 2. The molecule has 2 fully saturated rings. The number of primary amides is 1. The summed E-state index contributed by atoms with van der Waals surface area (Å²) in [5.74, 6) is -0.125. The van der Waals surface area contributed by atoms with Crippen molar-refractivity contribution < 1.29 is 9.59 Å². The van der Waals surface area contributed by atoms with Gasteiger partial charge in [-0.1, -0.05) is 12.1 Å². The summed E-state index contributed by atoms with van der Waals surface area (Å²) >= 11 is 0. The number of halogens is 2. The van der Waals surface area contributed by atoms with E-state index in [2.05, 4.69) is 15.5 Å². The molecular formula is C17H26Cl2N4O2. The third kappa shape index (κ3) is 5.57. The Balaban J connectivity index is 0.00000156. The van der Waals surface area contributed by atoms with Crippen LogP contribution in [0.3, 0.4) is 0 Å². The average Bonchev–Trinajstić information content (AvgIpc) is 3.18. The Labute approximate surface area is 160 Å². The van der Waals surface area contributed by atoms with Crippen LogP contribution in [0.2, 0.25) is 0 Å². The number of benzene rings is 1. The van der Waals surface area contributed by atoms with Crippen molar-refractivity contribution in [3.63, 3.8) is 0 Å². The van der Waals surface area contributed by atoms with Gasteiger partial charge in [-0.3, -0.25) is 14.5 Å². The number of carbonyl (C=O) groups excluding carboxylic acids is 2. The van der Waals surface area contributed by atoms with E-state index in [1.165, 1.54) is 0 Å². The Bertz CT molecular complexity index is 594. The summed E-state index contributed by atoms with van der Waals surface area (Å²) in [6.07, 6.45) is 2.72. The monoisotopic (exact) mass is 388 g/mol. The minimum atomic E-state index is -0.249. The summed E-state index contributed by atoms with van der Waals surface area (Å²) in [5, 5.41) is 6.20. The maximum absolute atomic E-state index is 12.2. The van der Waals surface area contributed by atoms with E-state index in [-0.39, 0.29) is 48.6 Å². The van der Waals surface area contributed by atoms with Crippen molar-refractivity contribution in [2.75, 3.05) is 25.0 Å². The SMILES string of the molecule is Cl.Cl.NC(=O)C1CCCN1Cc1cccc(NC(=O)C2CCNC2)c1. The molecule has 140 valence electrons. The third-order valence-electron chi connectivity index (χ3n) is 4.70. The van der Waals surface area contributed by atoms with Crippen LogP contribution in [0.25, 0.3) is 0 Å². The molecule has 3 rings (SSSR count). The van der Waals surface area contributed by atoms with E-state index in [1.807, 2.05) is 24.3 Å². The average molecular weight is 389 g/mol. The highest BCUT2D eigenvalue weighted by molar-refractivity contribution is 5.93. The number of likely N-dealkylation sites (tertiary alicyclic amines) is 1. The molecule has 2 aliphatic heterocycles. The number of anilines is 1. The zero-order valence-corrected chi connectivity index (χ0v) is 15.7. The predicted octanol–water partition coefficient (Wildman–Crippen LogP) is 1.53. The first-order valence-corrected chi connectivity index (χ1v) is 8.27. The lowest BCUT2D eigenvalue weighted by atomic mass is 10.1. The Morgan fingerprint density at radius 2 is 2.08 bits per heavy atom. The maximum atomic E-state index is 12.2. The van der Waals surface area contributed by atoms with Crippen LogP contribution < -0.4 is 16.4 Å². The molecule has 0 aliphatic carbocycles. The molecule has 0 spiro atoms. The fourth-order valence-electron chi connectivity index (χ4n) is 3.44. The second-order valence-corrected chi connectivity index (χ2v) is 6.41. The normalized spacial score (nSPS) is 22.7. The molecule has 0 bridgehead atoms. The number of nitrogens with two attached hydrogens (primary N) is 1. The van der Waals surface area contributed by atoms with Gasteiger partial charge < -0.3 is 16.4 Å². The van der Waals surface area contributed by atoms with Crippen LogP contribution in [0, 0.1) is 5.92 Å². The van der Waals surface area contributed by atoms with E-state index < -0.39 is 0 Å². The van der Waals surface area contributed by atoms with Gasteiger partial charge in [-0.2, -0.15) is 0 Å². The van der Waals surface area contributed by atoms with Crippen molar-refractivity contribution in [1.82, 2.24) is 10.2 Å². The van der Waals surface area contributed by atoms with Gasteiger partial charge >= 0.3 is 0 Å². The highest BCUT2D eigenvalue weighted by atomic mass is 35.5. The Hall–Kier alpha value is -1.34. The van der Waals surface area contributed by atoms with Gasteiger partial charge in [0.2, 0.25) is 11.8 Å². The number of carbonyl (C=O) groups is 2. The van der Waals surface area contributed by atoms with Crippen LogP contribution in [-0.2, 0) is 16.1 Å². The van der Waals surface area contributed by atoms with Crippen molar-refractivity contribution in [3.8, 4) is 0 Å². The van der Waals surface area contributed by atoms with Gasteiger partial charge in [0, 0.05) is 18.8 Å². The van der Waals surface area contributed by atoms with E-state index in [0.717, 1.165) is 50.1 Å². The molecule has 2 saturated heterocycles. The van der Waals surface area contributed by atoms with Crippen molar-refractivity contribution in [3.05, 3.63) is 29.8 Å². The Morgan fingerprint density at radius 3 is 2.76 bits per heavy atom. The summed E-state index contributed by atoms with van der Waals surface area (Å²) in [6.45, 7) is 3.22. The Kier molecular flexibility index (Phi) is 8.65. The second-order valence-electron chi connectivity index (χ2n) is 6.41. The first-order chi connectivity index (χ1) is 11.1. The molecule has 2 heterocycles. The Morgan fingerprint density at radius 1 is 1.28 bits per heavy atom. The zero-order valence-electron chi connectivity index (χ0n) is 14.1. The molecule has 2 atom stereocenters. The molecule has 1 aromatic rings. The smallest absolute Gasteiger partial charge is 0.234 e. The molecule has 6 nitrogen and oxygen atoms in total. The first kappa shape index (κ1) is 21.7. The van der Waals surface area contributed by atoms with Crippen LogP contribution >= 0.6 is 24.8 Å². The minimum Gasteiger partial charge on any atom is -0.368 e. The van der Waals surface area contributed by atoms with Gasteiger partial charge in [0.25, 0.3) is 0 Å². The molecule has 1 aromatic carbocycles. The number of nitrogens with zero attached hydrogens (tertiary/aromatic N) is 1. The quantitative estimate of drug-likeness (QED) is 0.713. The van der Waals surface area contributed by atoms with Gasteiger partial charge in [0.1, 0.15) is 0 Å². The lowest BCUT2D eigenvalue weighted by Gasteiger charge is -2.22. The molecule has 4 N–H and O–H groups in total. The van der Waals surface area contributed by atoms with Gasteiger partial charge in [-0.15, -0.1) is 24.8 Å². The summed E-state index contributed by atoms with van der Waals surface area (Å²) in [4.78, 5) is 25.8. The van der Waals surface area contributed by atoms with Gasteiger partial charge in [-0.05, 0) is 50.0 Å². The van der Waals surface area contributed by atoms with E-state index in [9.17, 15) is 9.59 Å². The van der Waals surface area contributed by atoms with Gasteiger partial charge in [0.05, 0.1) is 12.0 Å². The lowest BCUT2D eigenvalue weighted by Crippen LogP contribution is -2.39. The van der Waals surface area contributed by atoms with Crippen LogP contribution in [0.5, 0.6) is 0 Å². The van der Waals surface area contributed by atoms with Crippen molar-refractivity contribution in [1.29, 1.82) is 0 Å². The molecule has 25 heavy (non-hydrogen) atoms. The lowest BCUT2D eigenvalue weighted by molar-refractivity contribution is -0.122. The molecule has 2 aliphatic rings. The van der Waals surface area contributed by atoms with E-state index >= 15 is 0 Å². The number of rotatable bonds is 5. The molecule has 2 amide bonds. The fourth-order valence-corrected chi connectivity index (χ4v) is 3.44. The van der Waals surface area contributed by atoms with E-state index in [4.69, 9.17) is 5.73 Å². The highest BCUT2D eigenvalue weighted by Gasteiger charge is 2.28. The summed E-state index contributed by atoms with van der Waals surface area (Å²) in [5.41, 5.74) is 7.36. The van der Waals surface area contributed by atoms with E-state index in [1.54, 1.807) is 0 Å². The molecule has 2 unspecified atom stereocenters. The second kappa shape index (κ2) is 9.97. The van der Waals surface area contributed by atoms with Crippen LogP contribution in [0.1, 0.15) is 24.8 Å². The van der Waals surface area contributed by atoms with Crippen LogP contribution in [0.4, 0.5) is 5.69 Å². The molecule has 0 radical (unpaired) electrons. The van der Waals surface area contributed by atoms with Gasteiger partial charge in [-0.25, -0.2) is 0 Å². The summed E-state index contributed by atoms with van der Waals surface area (Å²) in [6, 6.07) is 7.67. The molecule has 0 aromatic heterocycles. The molecular weight excluding hydrogens is 363 g/mol. The number of hydrogen-bond acceptors (Lipinski definition) is 4. The first-order valence-electron chi connectivity index (χ1n) is 8.27. The van der Waals surface area contributed by atoms with Gasteiger partial charge in [0.15, 0.2) is 0 Å². The third-order valence-corrected chi connectivity index (χ3v) is 4.70. The number of nitrogens with one attached hydrogen (secondary N) is 2. The minimum absolute atomic E-state index is 0. The fraction of sp³-hybridized carbons (Fsp3) is 0.529. The highest BCUT2D eigenvalue weighted by Crippen LogP contribution is 2.21. The largest absolute Gasteiger partial charge is 0.368 e. The topological polar surface area (TPSA) is 87.5 Å². The van der Waals surface area contributed by atoms with Crippen molar-refractivity contribution in [2.24, 2.45) is 11.7 Å². The van der Waals surface area contributed by atoms with E-state index in [0.29, 0.717) is 6.54 Å². The van der Waals surface area contributed by atoms with Crippen molar-refractivity contribution in [2.45, 2.75) is 31.8 Å². The van der Waals surface area contributed by atoms with Crippen molar-refractivity contribution >= 4 is 42.3 Å². The zero-order chi connectivity index (χ0) is 16.2. The molecule has 0 saturated carbocycles. The van der Waals surface area contributed by atoms with Crippen LogP contribution in [-0.4, -0.2) is 42.4 Å². The summed E-state index contributed by atoms with van der Waals surface area (Å²) in [7, 11) is 0. The standard InChI is InChI=1S/C17H24N4O2.2ClH/c18-16(22)15-5-2-8-21(15)11-12-3-1-4-14(9-12)20-17(23)13-6-7-19-10-13;;/h1,3-4,9,13,15,19H,2,5-8,10-11H2,(H2,18,22)(H,20,23);2*1H. The maximum Gasteiger partial charge on any atom is 0.234 e. The number of hydrogen-bond donors (Lipinski definition) is 3. The van der Waals surface area contributed by atoms with Crippen LogP contribution in [0.15, 0.2) is 24.3 Å².